The van der Waals surface area contributed by atoms with E-state index in [1.165, 1.54) is 12.1 Å². The molecule has 228 valence electrons. The summed E-state index contributed by atoms with van der Waals surface area (Å²) in [6.07, 6.45) is -3.41. The molecule has 0 aliphatic carbocycles. The lowest BCUT2D eigenvalue weighted by Crippen LogP contribution is -2.42. The van der Waals surface area contributed by atoms with Gasteiger partial charge in [0, 0.05) is 18.3 Å². The first-order valence-electron chi connectivity index (χ1n) is 13.6. The third kappa shape index (κ3) is 5.14. The number of hydrogen-bond acceptors (Lipinski definition) is 5. The molecule has 14 heteroatoms. The fraction of sp³-hybridized carbons (Fsp3) is 0.267. The number of alkyl halides is 3. The molecule has 4 heterocycles. The number of nitrogens with zero attached hydrogens (tertiary/aromatic N) is 2. The minimum absolute atomic E-state index is 0.0173. The molecular formula is C30H24BCl3F3N3O4. The van der Waals surface area contributed by atoms with E-state index in [-0.39, 0.29) is 32.3 Å². The van der Waals surface area contributed by atoms with Gasteiger partial charge < -0.3 is 24.2 Å². The van der Waals surface area contributed by atoms with Crippen LogP contribution in [-0.4, -0.2) is 40.9 Å². The van der Waals surface area contributed by atoms with Gasteiger partial charge in [0.05, 0.1) is 43.9 Å². The Balaban J connectivity index is 1.21. The molecule has 44 heavy (non-hydrogen) atoms. The average molecular weight is 665 g/mol. The van der Waals surface area contributed by atoms with Crippen molar-refractivity contribution in [2.45, 2.75) is 44.1 Å². The summed E-state index contributed by atoms with van der Waals surface area (Å²) >= 11 is 18.1. The second-order valence-corrected chi connectivity index (χ2v) is 12.4. The van der Waals surface area contributed by atoms with Crippen LogP contribution in [0.15, 0.2) is 65.9 Å². The highest BCUT2D eigenvalue weighted by molar-refractivity contribution is 6.62. The standard InChI is InChI=1S/C30H24BCl3F3N3O4/c1-28(2)19-7-5-16(12-20(19)31(42)43-28)9-10-38-27(41)18-6-8-25(40-11-3-4-24(18)40)23-15-29(44-39-23,30(35,36)37)17-13-21(32)26(34)22(33)14-17/h3-8,11-14,42H,9-10,15H2,1-2H3,(H,38,41). The van der Waals surface area contributed by atoms with E-state index in [0.717, 1.165) is 23.3 Å². The number of fused-ring (bicyclic) bond motifs is 2. The van der Waals surface area contributed by atoms with Crippen molar-refractivity contribution in [2.24, 2.45) is 5.16 Å². The van der Waals surface area contributed by atoms with Crippen LogP contribution >= 0.6 is 34.8 Å². The molecule has 0 saturated carbocycles. The number of pyridine rings is 1. The molecule has 0 spiro atoms. The largest absolute Gasteiger partial charge is 0.492 e. The van der Waals surface area contributed by atoms with Crippen molar-refractivity contribution in [3.63, 3.8) is 0 Å². The summed E-state index contributed by atoms with van der Waals surface area (Å²) in [5.74, 6) is -0.356. The maximum absolute atomic E-state index is 14.5. The van der Waals surface area contributed by atoms with Gasteiger partial charge in [-0.25, -0.2) is 0 Å². The highest BCUT2D eigenvalue weighted by Crippen LogP contribution is 2.50. The third-order valence-electron chi connectivity index (χ3n) is 8.00. The molecule has 0 fully saturated rings. The Morgan fingerprint density at radius 1 is 1.11 bits per heavy atom. The number of carbonyl (C=O) groups excluding carboxylic acids is 1. The molecule has 7 nitrogen and oxygen atoms in total. The summed E-state index contributed by atoms with van der Waals surface area (Å²) in [4.78, 5) is 18.3. The van der Waals surface area contributed by atoms with Crippen LogP contribution < -0.4 is 10.8 Å². The van der Waals surface area contributed by atoms with E-state index in [2.05, 4.69) is 10.5 Å². The minimum atomic E-state index is -4.88. The first kappa shape index (κ1) is 30.8. The Labute approximate surface area is 265 Å². The summed E-state index contributed by atoms with van der Waals surface area (Å²) < 4.78 is 50.8. The van der Waals surface area contributed by atoms with Crippen LogP contribution in [0, 0.1) is 0 Å². The van der Waals surface area contributed by atoms with E-state index in [4.69, 9.17) is 44.3 Å². The Kier molecular flexibility index (Phi) is 7.69. The van der Waals surface area contributed by atoms with Gasteiger partial charge in [-0.15, -0.1) is 0 Å². The fourth-order valence-electron chi connectivity index (χ4n) is 5.74. The zero-order chi connectivity index (χ0) is 31.6. The summed E-state index contributed by atoms with van der Waals surface area (Å²) in [5, 5.41) is 16.6. The Morgan fingerprint density at radius 3 is 2.55 bits per heavy atom. The van der Waals surface area contributed by atoms with E-state index in [0.29, 0.717) is 35.2 Å². The van der Waals surface area contributed by atoms with Crippen LogP contribution in [0.25, 0.3) is 5.52 Å². The summed E-state index contributed by atoms with van der Waals surface area (Å²) in [6, 6.07) is 14.3. The highest BCUT2D eigenvalue weighted by atomic mass is 35.5. The second-order valence-electron chi connectivity index (χ2n) is 11.2. The van der Waals surface area contributed by atoms with Crippen molar-refractivity contribution >= 4 is 64.5 Å². The lowest BCUT2D eigenvalue weighted by atomic mass is 9.77. The molecule has 2 aliphatic rings. The molecule has 0 radical (unpaired) electrons. The van der Waals surface area contributed by atoms with E-state index in [1.807, 2.05) is 32.0 Å². The van der Waals surface area contributed by atoms with Crippen LogP contribution in [-0.2, 0) is 27.1 Å². The first-order chi connectivity index (χ1) is 20.7. The van der Waals surface area contributed by atoms with Gasteiger partial charge in [0.15, 0.2) is 0 Å². The number of oxime groups is 1. The van der Waals surface area contributed by atoms with Crippen molar-refractivity contribution in [3.8, 4) is 0 Å². The van der Waals surface area contributed by atoms with Gasteiger partial charge in [0.25, 0.3) is 11.5 Å². The van der Waals surface area contributed by atoms with Gasteiger partial charge in [0.2, 0.25) is 0 Å². The molecule has 2 N–H and O–H groups in total. The van der Waals surface area contributed by atoms with Crippen molar-refractivity contribution < 1.29 is 32.5 Å². The van der Waals surface area contributed by atoms with Crippen LogP contribution in [0.3, 0.4) is 0 Å². The molecule has 6 rings (SSSR count). The van der Waals surface area contributed by atoms with Crippen molar-refractivity contribution in [1.82, 2.24) is 9.72 Å². The summed E-state index contributed by atoms with van der Waals surface area (Å²) in [5.41, 5.74) is -0.0761. The van der Waals surface area contributed by atoms with Gasteiger partial charge in [-0.05, 0) is 73.3 Å². The summed E-state index contributed by atoms with van der Waals surface area (Å²) in [6.45, 7) is 4.09. The van der Waals surface area contributed by atoms with Crippen molar-refractivity contribution in [3.05, 3.63) is 104 Å². The van der Waals surface area contributed by atoms with Crippen LogP contribution in [0.4, 0.5) is 13.2 Å². The Hall–Kier alpha value is -3.22. The summed E-state index contributed by atoms with van der Waals surface area (Å²) in [7, 11) is -1.01. The van der Waals surface area contributed by atoms with Gasteiger partial charge in [0.1, 0.15) is 5.71 Å². The molecule has 2 aromatic heterocycles. The molecular weight excluding hydrogens is 641 g/mol. The Morgan fingerprint density at radius 2 is 1.84 bits per heavy atom. The van der Waals surface area contributed by atoms with Crippen molar-refractivity contribution in [1.29, 1.82) is 0 Å². The number of benzene rings is 2. The molecule has 4 aromatic rings. The number of rotatable bonds is 6. The predicted molar refractivity (Wildman–Crippen MR) is 163 cm³/mol. The van der Waals surface area contributed by atoms with E-state index in [1.54, 1.807) is 22.7 Å². The molecule has 2 aromatic carbocycles. The first-order valence-corrected chi connectivity index (χ1v) is 14.7. The predicted octanol–water partition coefficient (Wildman–Crippen LogP) is 6.41. The van der Waals surface area contributed by atoms with Gasteiger partial charge >= 0.3 is 13.3 Å². The number of aromatic nitrogens is 1. The van der Waals surface area contributed by atoms with Crippen LogP contribution in [0.1, 0.15) is 53.0 Å². The number of halogens is 6. The van der Waals surface area contributed by atoms with E-state index >= 15 is 0 Å². The van der Waals surface area contributed by atoms with Crippen molar-refractivity contribution in [2.75, 3.05) is 6.54 Å². The van der Waals surface area contributed by atoms with E-state index < -0.39 is 30.9 Å². The maximum atomic E-state index is 14.5. The number of amides is 1. The second kappa shape index (κ2) is 11.0. The normalized spacial score (nSPS) is 19.2. The molecule has 0 bridgehead atoms. The number of nitrogens with one attached hydrogen (secondary N) is 1. The highest BCUT2D eigenvalue weighted by Gasteiger charge is 2.62. The lowest BCUT2D eigenvalue weighted by molar-refractivity contribution is -0.275. The van der Waals surface area contributed by atoms with Gasteiger partial charge in [-0.3, -0.25) is 4.79 Å². The van der Waals surface area contributed by atoms with E-state index in [9.17, 15) is 23.0 Å². The molecule has 1 amide bonds. The smallest absolute Gasteiger partial charge is 0.423 e. The van der Waals surface area contributed by atoms with Gasteiger partial charge in [-0.1, -0.05) is 58.2 Å². The van der Waals surface area contributed by atoms with Crippen LogP contribution in [0.2, 0.25) is 15.1 Å². The molecule has 2 aliphatic heterocycles. The Bertz CT molecular complexity index is 1820. The monoisotopic (exact) mass is 663 g/mol. The topological polar surface area (TPSA) is 84.6 Å². The molecule has 1 unspecified atom stereocenters. The lowest BCUT2D eigenvalue weighted by Gasteiger charge is -2.30. The van der Waals surface area contributed by atoms with Crippen LogP contribution in [0.5, 0.6) is 0 Å². The number of hydrogen-bond donors (Lipinski definition) is 2. The zero-order valence-electron chi connectivity index (χ0n) is 23.3. The number of carbonyl (C=O) groups is 1. The molecule has 0 saturated heterocycles. The maximum Gasteiger partial charge on any atom is 0.492 e. The van der Waals surface area contributed by atoms with Gasteiger partial charge in [-0.2, -0.15) is 13.2 Å². The minimum Gasteiger partial charge on any atom is -0.423 e. The SMILES string of the molecule is CC1(C)OB(O)c2cc(CCNC(=O)c3ccc(C4=NOC(c5cc(Cl)c(Cl)c(Cl)c5)(C(F)(F)F)C4)n4cccc34)ccc21. The molecule has 1 atom stereocenters. The fourth-order valence-corrected chi connectivity index (χ4v) is 6.33. The zero-order valence-corrected chi connectivity index (χ0v) is 25.6. The average Bonchev–Trinajstić information content (AvgIpc) is 3.68. The third-order valence-corrected chi connectivity index (χ3v) is 9.20. The quantitative estimate of drug-likeness (QED) is 0.185.